The van der Waals surface area contributed by atoms with Crippen LogP contribution in [0, 0.1) is 0 Å². The fraction of sp³-hybridized carbons (Fsp3) is 0.706. The normalized spacial score (nSPS) is 21.4. The zero-order valence-electron chi connectivity index (χ0n) is 14.1. The van der Waals surface area contributed by atoms with Gasteiger partial charge in [-0.05, 0) is 58.5 Å². The van der Waals surface area contributed by atoms with E-state index in [4.69, 9.17) is 4.74 Å². The second kappa shape index (κ2) is 7.47. The maximum Gasteiger partial charge on any atom is 0.407 e. The van der Waals surface area contributed by atoms with Gasteiger partial charge in [-0.15, -0.1) is 11.3 Å². The number of rotatable bonds is 4. The number of hydrogen-bond acceptors (Lipinski definition) is 4. The maximum atomic E-state index is 11.9. The van der Waals surface area contributed by atoms with E-state index in [0.717, 1.165) is 13.0 Å². The Morgan fingerprint density at radius 2 is 2.27 bits per heavy atom. The lowest BCUT2D eigenvalue weighted by atomic mass is 9.99. The molecule has 0 bridgehead atoms. The molecule has 1 N–H and O–H groups in total. The number of alkyl carbamates (subject to hydrolysis) is 1. The first-order valence-electron chi connectivity index (χ1n) is 8.13. The molecule has 1 fully saturated rings. The number of ether oxygens (including phenoxy) is 1. The summed E-state index contributed by atoms with van der Waals surface area (Å²) in [6.07, 6.45) is 3.28. The van der Waals surface area contributed by atoms with Crippen LogP contribution in [-0.4, -0.2) is 35.7 Å². The molecule has 1 aliphatic heterocycles. The molecule has 0 radical (unpaired) electrons. The summed E-state index contributed by atoms with van der Waals surface area (Å²) in [6.45, 7) is 9.68. The van der Waals surface area contributed by atoms with E-state index in [2.05, 4.69) is 34.7 Å². The SMILES string of the molecule is C[C@H](c1cccs1)N1CCCC[C@@H]1CNC(=O)OC(C)(C)C. The van der Waals surface area contributed by atoms with E-state index in [1.807, 2.05) is 20.8 Å². The highest BCUT2D eigenvalue weighted by Crippen LogP contribution is 2.30. The first kappa shape index (κ1) is 17.3. The van der Waals surface area contributed by atoms with Gasteiger partial charge in [0.05, 0.1) is 0 Å². The molecule has 2 rings (SSSR count). The summed E-state index contributed by atoms with van der Waals surface area (Å²) in [5.74, 6) is 0. The van der Waals surface area contributed by atoms with Crippen molar-refractivity contribution < 1.29 is 9.53 Å². The molecule has 1 aromatic rings. The van der Waals surface area contributed by atoms with Gasteiger partial charge in [0.1, 0.15) is 5.60 Å². The maximum absolute atomic E-state index is 11.9. The Bertz CT molecular complexity index is 468. The summed E-state index contributed by atoms with van der Waals surface area (Å²) < 4.78 is 5.33. The molecule has 2 atom stereocenters. The Morgan fingerprint density at radius 3 is 2.91 bits per heavy atom. The average Bonchev–Trinajstić information content (AvgIpc) is 2.97. The Morgan fingerprint density at radius 1 is 1.50 bits per heavy atom. The van der Waals surface area contributed by atoms with Crippen molar-refractivity contribution in [2.24, 2.45) is 0 Å². The van der Waals surface area contributed by atoms with Gasteiger partial charge in [0, 0.05) is 23.5 Å². The lowest BCUT2D eigenvalue weighted by Gasteiger charge is -2.39. The minimum Gasteiger partial charge on any atom is -0.444 e. The van der Waals surface area contributed by atoms with E-state index in [0.29, 0.717) is 18.6 Å². The molecule has 5 heteroatoms. The largest absolute Gasteiger partial charge is 0.444 e. The van der Waals surface area contributed by atoms with E-state index >= 15 is 0 Å². The van der Waals surface area contributed by atoms with Crippen LogP contribution in [0.25, 0.3) is 0 Å². The van der Waals surface area contributed by atoms with E-state index in [9.17, 15) is 4.79 Å². The molecule has 0 aliphatic carbocycles. The average molecular weight is 324 g/mol. The highest BCUT2D eigenvalue weighted by atomic mass is 32.1. The number of carbonyl (C=O) groups excluding carboxylic acids is 1. The molecule has 1 amide bonds. The van der Waals surface area contributed by atoms with Crippen molar-refractivity contribution in [1.82, 2.24) is 10.2 Å². The third kappa shape index (κ3) is 4.99. The van der Waals surface area contributed by atoms with Gasteiger partial charge in [-0.25, -0.2) is 4.79 Å². The Labute approximate surface area is 137 Å². The number of thiophene rings is 1. The molecule has 1 aliphatic rings. The van der Waals surface area contributed by atoms with Crippen LogP contribution in [0.5, 0.6) is 0 Å². The molecule has 124 valence electrons. The number of hydrogen-bond donors (Lipinski definition) is 1. The molecule has 2 heterocycles. The second-order valence-corrected chi connectivity index (χ2v) is 7.94. The number of nitrogens with zero attached hydrogens (tertiary/aromatic N) is 1. The van der Waals surface area contributed by atoms with E-state index in [1.165, 1.54) is 17.7 Å². The summed E-state index contributed by atoms with van der Waals surface area (Å²) in [6, 6.07) is 5.10. The van der Waals surface area contributed by atoms with Crippen molar-refractivity contribution in [3.05, 3.63) is 22.4 Å². The van der Waals surface area contributed by atoms with Crippen LogP contribution in [0.1, 0.15) is 57.9 Å². The van der Waals surface area contributed by atoms with Gasteiger partial charge in [0.2, 0.25) is 0 Å². The van der Waals surface area contributed by atoms with Crippen LogP contribution in [0.4, 0.5) is 4.79 Å². The van der Waals surface area contributed by atoms with Gasteiger partial charge in [-0.1, -0.05) is 12.5 Å². The molecule has 0 spiro atoms. The minimum absolute atomic E-state index is 0.318. The summed E-state index contributed by atoms with van der Waals surface area (Å²) in [5.41, 5.74) is -0.444. The van der Waals surface area contributed by atoms with E-state index in [1.54, 1.807) is 11.3 Å². The molecule has 4 nitrogen and oxygen atoms in total. The van der Waals surface area contributed by atoms with Crippen molar-refractivity contribution in [2.45, 2.75) is 64.6 Å². The Kier molecular flexibility index (Phi) is 5.87. The fourth-order valence-corrected chi connectivity index (χ4v) is 3.76. The van der Waals surface area contributed by atoms with Gasteiger partial charge < -0.3 is 10.1 Å². The first-order chi connectivity index (χ1) is 10.4. The summed E-state index contributed by atoms with van der Waals surface area (Å²) in [5, 5.41) is 5.07. The van der Waals surface area contributed by atoms with Crippen LogP contribution in [0.2, 0.25) is 0 Å². The highest BCUT2D eigenvalue weighted by Gasteiger charge is 2.28. The van der Waals surface area contributed by atoms with Crippen LogP contribution < -0.4 is 5.32 Å². The van der Waals surface area contributed by atoms with Crippen LogP contribution in [0.15, 0.2) is 17.5 Å². The second-order valence-electron chi connectivity index (χ2n) is 6.96. The van der Waals surface area contributed by atoms with Gasteiger partial charge in [-0.3, -0.25) is 4.90 Å². The van der Waals surface area contributed by atoms with Gasteiger partial charge >= 0.3 is 6.09 Å². The van der Waals surface area contributed by atoms with Gasteiger partial charge in [0.15, 0.2) is 0 Å². The molecule has 0 aromatic carbocycles. The molecular formula is C17H28N2O2S. The van der Waals surface area contributed by atoms with Crippen LogP contribution >= 0.6 is 11.3 Å². The monoisotopic (exact) mass is 324 g/mol. The topological polar surface area (TPSA) is 41.6 Å². The smallest absolute Gasteiger partial charge is 0.407 e. The third-order valence-electron chi connectivity index (χ3n) is 4.01. The first-order valence-corrected chi connectivity index (χ1v) is 9.01. The Balaban J connectivity index is 1.91. The van der Waals surface area contributed by atoms with Gasteiger partial charge in [0.25, 0.3) is 0 Å². The fourth-order valence-electron chi connectivity index (χ4n) is 2.96. The standard InChI is InChI=1S/C17H28N2O2S/c1-13(15-9-7-11-22-15)19-10-6-5-8-14(19)12-18-16(20)21-17(2,3)4/h7,9,11,13-14H,5-6,8,10,12H2,1-4H3,(H,18,20)/t13-,14-/m1/s1. The molecule has 0 saturated carbocycles. The summed E-state index contributed by atoms with van der Waals surface area (Å²) >= 11 is 1.81. The van der Waals surface area contributed by atoms with E-state index < -0.39 is 5.60 Å². The lowest BCUT2D eigenvalue weighted by molar-refractivity contribution is 0.0473. The molecule has 0 unspecified atom stereocenters. The highest BCUT2D eigenvalue weighted by molar-refractivity contribution is 7.10. The zero-order valence-corrected chi connectivity index (χ0v) is 14.9. The van der Waals surface area contributed by atoms with Crippen molar-refractivity contribution in [3.63, 3.8) is 0 Å². The molecule has 22 heavy (non-hydrogen) atoms. The quantitative estimate of drug-likeness (QED) is 0.903. The third-order valence-corrected chi connectivity index (χ3v) is 5.05. The lowest BCUT2D eigenvalue weighted by Crippen LogP contribution is -2.48. The number of carbonyl (C=O) groups is 1. The van der Waals surface area contributed by atoms with Crippen molar-refractivity contribution in [1.29, 1.82) is 0 Å². The summed E-state index contributed by atoms with van der Waals surface area (Å²) in [7, 11) is 0. The molecule has 1 saturated heterocycles. The number of piperidine rings is 1. The predicted octanol–water partition coefficient (Wildman–Crippen LogP) is 4.19. The Hall–Kier alpha value is -1.07. The van der Waals surface area contributed by atoms with E-state index in [-0.39, 0.29) is 6.09 Å². The van der Waals surface area contributed by atoms with Crippen molar-refractivity contribution in [3.8, 4) is 0 Å². The van der Waals surface area contributed by atoms with Crippen LogP contribution in [-0.2, 0) is 4.74 Å². The minimum atomic E-state index is -0.444. The summed E-state index contributed by atoms with van der Waals surface area (Å²) in [4.78, 5) is 15.8. The predicted molar refractivity (Wildman–Crippen MR) is 91.3 cm³/mol. The number of amides is 1. The van der Waals surface area contributed by atoms with Gasteiger partial charge in [-0.2, -0.15) is 0 Å². The zero-order chi connectivity index (χ0) is 16.2. The van der Waals surface area contributed by atoms with Crippen LogP contribution in [0.3, 0.4) is 0 Å². The number of likely N-dealkylation sites (tertiary alicyclic amines) is 1. The number of nitrogens with one attached hydrogen (secondary N) is 1. The van der Waals surface area contributed by atoms with Crippen molar-refractivity contribution >= 4 is 17.4 Å². The van der Waals surface area contributed by atoms with Crippen molar-refractivity contribution in [2.75, 3.05) is 13.1 Å². The molecular weight excluding hydrogens is 296 g/mol. The molecule has 1 aromatic heterocycles.